The number of rotatable bonds is 2. The molecule has 5 rings (SSSR count). The molecule has 1 amide bonds. The molecule has 4 heterocycles. The van der Waals surface area contributed by atoms with E-state index in [1.54, 1.807) is 9.20 Å². The molecule has 1 aliphatic rings. The maximum absolute atomic E-state index is 12.4. The predicted molar refractivity (Wildman–Crippen MR) is 102 cm³/mol. The van der Waals surface area contributed by atoms with E-state index in [-0.39, 0.29) is 11.8 Å². The maximum Gasteiger partial charge on any atom is 0.226 e. The Hall–Kier alpha value is -3.07. The van der Waals surface area contributed by atoms with Crippen LogP contribution in [-0.4, -0.2) is 35.5 Å². The zero-order valence-corrected chi connectivity index (χ0v) is 15.9. The van der Waals surface area contributed by atoms with Gasteiger partial charge in [0.05, 0.1) is 5.69 Å². The number of nitrogens with zero attached hydrogens (tertiary/aromatic N) is 6. The molecule has 0 bridgehead atoms. The monoisotopic (exact) mass is 423 g/mol. The first-order valence-corrected chi connectivity index (χ1v) is 9.22. The van der Waals surface area contributed by atoms with Crippen LogP contribution in [0.4, 0.5) is 5.82 Å². The van der Waals surface area contributed by atoms with Crippen LogP contribution in [0.15, 0.2) is 47.2 Å². The highest BCUT2D eigenvalue weighted by molar-refractivity contribution is 9.10. The molecule has 9 heteroatoms. The van der Waals surface area contributed by atoms with E-state index in [9.17, 15) is 4.79 Å². The highest BCUT2D eigenvalue weighted by Crippen LogP contribution is 2.40. The summed E-state index contributed by atoms with van der Waals surface area (Å²) in [4.78, 5) is 12.4. The fourth-order valence-corrected chi connectivity index (χ4v) is 3.79. The van der Waals surface area contributed by atoms with Gasteiger partial charge in [0, 0.05) is 22.4 Å². The van der Waals surface area contributed by atoms with Crippen molar-refractivity contribution in [1.29, 1.82) is 0 Å². The minimum Gasteiger partial charge on any atom is -0.310 e. The average molecular weight is 424 g/mol. The molecule has 134 valence electrons. The van der Waals surface area contributed by atoms with Gasteiger partial charge in [-0.2, -0.15) is 14.3 Å². The third kappa shape index (κ3) is 2.62. The van der Waals surface area contributed by atoms with Gasteiger partial charge in [0.2, 0.25) is 5.91 Å². The van der Waals surface area contributed by atoms with Crippen LogP contribution in [0.5, 0.6) is 0 Å². The molecule has 0 fully saturated rings. The van der Waals surface area contributed by atoms with Gasteiger partial charge in [-0.15, -0.1) is 15.3 Å². The van der Waals surface area contributed by atoms with Crippen LogP contribution >= 0.6 is 15.9 Å². The van der Waals surface area contributed by atoms with Crippen molar-refractivity contribution in [3.63, 3.8) is 0 Å². The summed E-state index contributed by atoms with van der Waals surface area (Å²) >= 11 is 3.46. The summed E-state index contributed by atoms with van der Waals surface area (Å²) in [5.41, 5.74) is 3.61. The van der Waals surface area contributed by atoms with Crippen LogP contribution < -0.4 is 5.32 Å². The molecule has 1 aromatic carbocycles. The van der Waals surface area contributed by atoms with Gasteiger partial charge in [0.1, 0.15) is 12.1 Å². The largest absolute Gasteiger partial charge is 0.310 e. The van der Waals surface area contributed by atoms with E-state index in [2.05, 4.69) is 41.6 Å². The first-order valence-electron chi connectivity index (χ1n) is 8.42. The van der Waals surface area contributed by atoms with E-state index in [1.807, 2.05) is 43.3 Å². The number of aromatic nitrogens is 6. The average Bonchev–Trinajstić information content (AvgIpc) is 3.25. The number of benzene rings is 1. The van der Waals surface area contributed by atoms with Crippen LogP contribution in [0.25, 0.3) is 11.5 Å². The highest BCUT2D eigenvalue weighted by atomic mass is 79.9. The summed E-state index contributed by atoms with van der Waals surface area (Å²) in [6.07, 6.45) is 1.92. The SMILES string of the molecule is Cc1nn(-c2ccc3nncn3n2)c2c1[C@H](c1ccc(Br)cc1)CC(=O)N2. The second-order valence-electron chi connectivity index (χ2n) is 6.44. The molecule has 1 N–H and O–H groups in total. The van der Waals surface area contributed by atoms with Crippen molar-refractivity contribution < 1.29 is 4.79 Å². The fourth-order valence-electron chi connectivity index (χ4n) is 3.52. The molecule has 0 unspecified atom stereocenters. The molecule has 8 nitrogen and oxygen atoms in total. The van der Waals surface area contributed by atoms with Crippen LogP contribution in [0.2, 0.25) is 0 Å². The van der Waals surface area contributed by atoms with E-state index in [4.69, 9.17) is 0 Å². The lowest BCUT2D eigenvalue weighted by molar-refractivity contribution is -0.116. The van der Waals surface area contributed by atoms with Gasteiger partial charge < -0.3 is 5.32 Å². The van der Waals surface area contributed by atoms with E-state index < -0.39 is 0 Å². The fraction of sp³-hybridized carbons (Fsp3) is 0.167. The number of anilines is 1. The maximum atomic E-state index is 12.4. The van der Waals surface area contributed by atoms with Gasteiger partial charge in [-0.1, -0.05) is 28.1 Å². The number of amides is 1. The third-order valence-corrected chi connectivity index (χ3v) is 5.27. The Morgan fingerprint density at radius 2 is 1.96 bits per heavy atom. The van der Waals surface area contributed by atoms with E-state index in [0.29, 0.717) is 23.7 Å². The van der Waals surface area contributed by atoms with E-state index >= 15 is 0 Å². The molecule has 1 aliphatic heterocycles. The molecule has 0 aliphatic carbocycles. The Bertz CT molecular complexity index is 1180. The van der Waals surface area contributed by atoms with Crippen molar-refractivity contribution in [2.24, 2.45) is 0 Å². The second-order valence-corrected chi connectivity index (χ2v) is 7.36. The lowest BCUT2D eigenvalue weighted by Gasteiger charge is -2.24. The van der Waals surface area contributed by atoms with E-state index in [1.165, 1.54) is 6.33 Å². The minimum absolute atomic E-state index is 0.0399. The van der Waals surface area contributed by atoms with Gasteiger partial charge in [0.25, 0.3) is 0 Å². The zero-order chi connectivity index (χ0) is 18.5. The Morgan fingerprint density at radius 3 is 2.78 bits per heavy atom. The Kier molecular flexibility index (Phi) is 3.57. The number of carbonyl (C=O) groups is 1. The Morgan fingerprint density at radius 1 is 1.15 bits per heavy atom. The van der Waals surface area contributed by atoms with Gasteiger partial charge >= 0.3 is 0 Å². The van der Waals surface area contributed by atoms with Gasteiger partial charge in [-0.3, -0.25) is 4.79 Å². The topological polar surface area (TPSA) is 90.0 Å². The molecule has 0 radical (unpaired) electrons. The van der Waals surface area contributed by atoms with Crippen LogP contribution in [-0.2, 0) is 4.79 Å². The number of carbonyl (C=O) groups excluding carboxylic acids is 1. The first kappa shape index (κ1) is 16.1. The van der Waals surface area contributed by atoms with Crippen molar-refractivity contribution in [3.8, 4) is 5.82 Å². The lowest BCUT2D eigenvalue weighted by atomic mass is 9.86. The summed E-state index contributed by atoms with van der Waals surface area (Å²) in [5, 5.41) is 19.9. The van der Waals surface area contributed by atoms with Crippen LogP contribution in [0.3, 0.4) is 0 Å². The second kappa shape index (κ2) is 5.98. The van der Waals surface area contributed by atoms with Crippen molar-refractivity contribution in [2.75, 3.05) is 5.32 Å². The molecule has 1 atom stereocenters. The molecule has 3 aromatic heterocycles. The number of nitrogens with one attached hydrogen (secondary N) is 1. The van der Waals surface area contributed by atoms with Gasteiger partial charge in [-0.05, 0) is 36.8 Å². The summed E-state index contributed by atoms with van der Waals surface area (Å²) in [6.45, 7) is 1.95. The van der Waals surface area contributed by atoms with Crippen molar-refractivity contribution in [1.82, 2.24) is 29.6 Å². The van der Waals surface area contributed by atoms with Gasteiger partial charge in [-0.25, -0.2) is 0 Å². The molecule has 0 saturated heterocycles. The summed E-state index contributed by atoms with van der Waals surface area (Å²) in [7, 11) is 0. The van der Waals surface area contributed by atoms with Crippen molar-refractivity contribution in [2.45, 2.75) is 19.3 Å². The molecular weight excluding hydrogens is 410 g/mol. The smallest absolute Gasteiger partial charge is 0.226 e. The minimum atomic E-state index is -0.0470. The van der Waals surface area contributed by atoms with Crippen LogP contribution in [0, 0.1) is 6.92 Å². The number of fused-ring (bicyclic) bond motifs is 2. The normalized spacial score (nSPS) is 16.4. The molecule has 0 saturated carbocycles. The summed E-state index contributed by atoms with van der Waals surface area (Å²) in [5.74, 6) is 1.16. The predicted octanol–water partition coefficient (Wildman–Crippen LogP) is 2.86. The standard InChI is InChI=1S/C18H14BrN7O/c1-10-17-13(11-2-4-12(19)5-3-11)8-16(27)21-18(17)26(23-10)15-7-6-14-22-20-9-25(14)24-15/h2-7,9,13H,8H2,1H3,(H,21,27)/t13-/m0/s1. The Balaban J connectivity index is 1.67. The summed E-state index contributed by atoms with van der Waals surface area (Å²) in [6, 6.07) is 11.7. The number of hydrogen-bond acceptors (Lipinski definition) is 5. The quantitative estimate of drug-likeness (QED) is 0.535. The number of halogens is 1. The molecular formula is C18H14BrN7O. The highest BCUT2D eigenvalue weighted by Gasteiger charge is 2.32. The van der Waals surface area contributed by atoms with Crippen LogP contribution in [0.1, 0.15) is 29.2 Å². The zero-order valence-electron chi connectivity index (χ0n) is 14.3. The molecule has 0 spiro atoms. The third-order valence-electron chi connectivity index (χ3n) is 4.74. The number of aryl methyl sites for hydroxylation is 1. The van der Waals surface area contributed by atoms with Gasteiger partial charge in [0.15, 0.2) is 11.5 Å². The first-order chi connectivity index (χ1) is 13.1. The molecule has 27 heavy (non-hydrogen) atoms. The molecule has 4 aromatic rings. The van der Waals surface area contributed by atoms with Crippen molar-refractivity contribution >= 4 is 33.3 Å². The van der Waals surface area contributed by atoms with Crippen molar-refractivity contribution in [3.05, 3.63) is 64.0 Å². The summed E-state index contributed by atoms with van der Waals surface area (Å²) < 4.78 is 4.26. The lowest BCUT2D eigenvalue weighted by Crippen LogP contribution is -2.25. The van der Waals surface area contributed by atoms with E-state index in [0.717, 1.165) is 21.3 Å². The number of hydrogen-bond donors (Lipinski definition) is 1. The Labute approximate surface area is 162 Å².